The van der Waals surface area contributed by atoms with Gasteiger partial charge in [-0.15, -0.1) is 0 Å². The maximum absolute atomic E-state index is 10.9. The van der Waals surface area contributed by atoms with Crippen molar-refractivity contribution in [3.05, 3.63) is 22.7 Å². The molecule has 12 heavy (non-hydrogen) atoms. The summed E-state index contributed by atoms with van der Waals surface area (Å²) in [5, 5.41) is 0.0537. The van der Waals surface area contributed by atoms with Gasteiger partial charge >= 0.3 is 0 Å². The number of rotatable bonds is 3. The molecule has 0 spiro atoms. The van der Waals surface area contributed by atoms with Crippen molar-refractivity contribution < 1.29 is 8.42 Å². The summed E-state index contributed by atoms with van der Waals surface area (Å²) in [6.07, 6.45) is 3.72. The lowest BCUT2D eigenvalue weighted by atomic mass is 10.5. The van der Waals surface area contributed by atoms with Gasteiger partial charge < -0.3 is 0 Å². The van der Waals surface area contributed by atoms with Crippen molar-refractivity contribution in [2.75, 3.05) is 6.26 Å². The molecule has 5 heteroatoms. The Bertz CT molecular complexity index is 327. The molecule has 0 amide bonds. The number of halogens is 1. The number of nitrogens with zero attached hydrogens (tertiary/aromatic N) is 1. The Kier molecular flexibility index (Phi) is 4.20. The number of aliphatic imine (C=N–C) groups is 1. The van der Waals surface area contributed by atoms with Crippen molar-refractivity contribution in [1.82, 2.24) is 0 Å². The Hall–Kier alpha value is -0.610. The van der Waals surface area contributed by atoms with Crippen LogP contribution in [0.1, 0.15) is 6.92 Å². The van der Waals surface area contributed by atoms with Gasteiger partial charge in [0.1, 0.15) is 5.16 Å². The zero-order valence-electron chi connectivity index (χ0n) is 6.91. The van der Waals surface area contributed by atoms with E-state index in [9.17, 15) is 8.42 Å². The Morgan fingerprint density at radius 1 is 1.58 bits per heavy atom. The largest absolute Gasteiger partial charge is 0.244 e. The lowest BCUT2D eigenvalue weighted by molar-refractivity contribution is 0.609. The zero-order valence-corrected chi connectivity index (χ0v) is 8.48. The van der Waals surface area contributed by atoms with Gasteiger partial charge in [-0.1, -0.05) is 24.3 Å². The summed E-state index contributed by atoms with van der Waals surface area (Å²) in [5.41, 5.74) is 0. The molecule has 0 unspecified atom stereocenters. The van der Waals surface area contributed by atoms with Crippen LogP contribution in [0, 0.1) is 0 Å². The van der Waals surface area contributed by atoms with Gasteiger partial charge in [0.2, 0.25) is 0 Å². The molecule has 0 aliphatic rings. The second kappa shape index (κ2) is 4.42. The molecular formula is C7H10ClNO2S. The van der Waals surface area contributed by atoms with Crippen LogP contribution in [-0.4, -0.2) is 20.9 Å². The molecule has 0 aromatic heterocycles. The molecule has 68 valence electrons. The fraction of sp³-hybridized carbons (Fsp3) is 0.286. The van der Waals surface area contributed by atoms with E-state index in [1.165, 1.54) is 12.3 Å². The van der Waals surface area contributed by atoms with Crippen LogP contribution in [0.4, 0.5) is 0 Å². The van der Waals surface area contributed by atoms with Crippen LogP contribution in [0.2, 0.25) is 0 Å². The molecule has 0 aliphatic heterocycles. The van der Waals surface area contributed by atoms with Gasteiger partial charge in [0.05, 0.1) is 4.91 Å². The molecular weight excluding hydrogens is 198 g/mol. The first-order valence-corrected chi connectivity index (χ1v) is 5.39. The standard InChI is InChI=1S/C7H10ClNO2S/c1-4-7(12(3,10)11)5-9-6(2)8/h4-5H,2H2,1,3H3/b7-4+,9-5-. The highest BCUT2D eigenvalue weighted by Crippen LogP contribution is 2.03. The Morgan fingerprint density at radius 2 is 2.08 bits per heavy atom. The molecule has 0 saturated heterocycles. The maximum Gasteiger partial charge on any atom is 0.176 e. The summed E-state index contributed by atoms with van der Waals surface area (Å²) in [4.78, 5) is 3.69. The predicted molar refractivity (Wildman–Crippen MR) is 52.1 cm³/mol. The van der Waals surface area contributed by atoms with E-state index < -0.39 is 9.84 Å². The van der Waals surface area contributed by atoms with Crippen LogP contribution in [0.5, 0.6) is 0 Å². The van der Waals surface area contributed by atoms with Gasteiger partial charge in [0.15, 0.2) is 9.84 Å². The summed E-state index contributed by atoms with van der Waals surface area (Å²) in [7, 11) is -3.20. The van der Waals surface area contributed by atoms with Crippen LogP contribution in [0.15, 0.2) is 27.7 Å². The van der Waals surface area contributed by atoms with Crippen LogP contribution < -0.4 is 0 Å². The average molecular weight is 208 g/mol. The normalized spacial score (nSPS) is 13.8. The number of hydrogen-bond donors (Lipinski definition) is 0. The van der Waals surface area contributed by atoms with Crippen molar-refractivity contribution in [3.8, 4) is 0 Å². The smallest absolute Gasteiger partial charge is 0.176 e. The molecule has 0 rings (SSSR count). The summed E-state index contributed by atoms with van der Waals surface area (Å²) in [6.45, 7) is 4.90. The summed E-state index contributed by atoms with van der Waals surface area (Å²) in [6, 6.07) is 0. The fourth-order valence-electron chi connectivity index (χ4n) is 0.518. The Balaban J connectivity index is 4.77. The topological polar surface area (TPSA) is 46.5 Å². The first-order valence-electron chi connectivity index (χ1n) is 3.12. The summed E-state index contributed by atoms with van der Waals surface area (Å²) in [5.74, 6) is 0. The fourth-order valence-corrected chi connectivity index (χ4v) is 1.24. The van der Waals surface area contributed by atoms with E-state index in [0.717, 1.165) is 6.26 Å². The molecule has 0 aliphatic carbocycles. The average Bonchev–Trinajstić information content (AvgIpc) is 1.85. The SMILES string of the molecule is C=C(Cl)/N=C\C(=C/C)S(C)(=O)=O. The predicted octanol–water partition coefficient (Wildman–Crippen LogP) is 1.72. The molecule has 0 atom stereocenters. The minimum absolute atomic E-state index is 0.0537. The quantitative estimate of drug-likeness (QED) is 0.523. The van der Waals surface area contributed by atoms with Gasteiger partial charge in [0, 0.05) is 12.5 Å². The lowest BCUT2D eigenvalue weighted by Crippen LogP contribution is -2.01. The third kappa shape index (κ3) is 4.31. The van der Waals surface area contributed by atoms with Gasteiger partial charge in [-0.25, -0.2) is 13.4 Å². The van der Waals surface area contributed by atoms with E-state index in [1.807, 2.05) is 0 Å². The molecule has 0 N–H and O–H groups in total. The molecule has 0 saturated carbocycles. The highest BCUT2D eigenvalue weighted by molar-refractivity contribution is 7.95. The summed E-state index contributed by atoms with van der Waals surface area (Å²) < 4.78 is 21.9. The van der Waals surface area contributed by atoms with Gasteiger partial charge in [-0.2, -0.15) is 0 Å². The molecule has 0 radical (unpaired) electrons. The maximum atomic E-state index is 10.9. The lowest BCUT2D eigenvalue weighted by Gasteiger charge is -1.94. The van der Waals surface area contributed by atoms with Crippen molar-refractivity contribution in [3.63, 3.8) is 0 Å². The number of sulfone groups is 1. The molecule has 0 bridgehead atoms. The first-order chi connectivity index (χ1) is 5.38. The number of allylic oxidation sites excluding steroid dienone is 2. The number of hydrogen-bond acceptors (Lipinski definition) is 3. The molecule has 0 fully saturated rings. The van der Waals surface area contributed by atoms with Gasteiger partial charge in [-0.05, 0) is 6.92 Å². The summed E-state index contributed by atoms with van der Waals surface area (Å²) >= 11 is 5.31. The van der Waals surface area contributed by atoms with Crippen LogP contribution in [0.25, 0.3) is 0 Å². The van der Waals surface area contributed by atoms with Crippen molar-refractivity contribution in [1.29, 1.82) is 0 Å². The minimum atomic E-state index is -3.20. The van der Waals surface area contributed by atoms with E-state index in [-0.39, 0.29) is 10.1 Å². The molecule has 0 aromatic carbocycles. The van der Waals surface area contributed by atoms with Crippen LogP contribution in [0.3, 0.4) is 0 Å². The second-order valence-electron chi connectivity index (χ2n) is 2.10. The van der Waals surface area contributed by atoms with Crippen molar-refractivity contribution >= 4 is 27.7 Å². The van der Waals surface area contributed by atoms with E-state index in [1.54, 1.807) is 6.92 Å². The molecule has 0 aromatic rings. The van der Waals surface area contributed by atoms with Gasteiger partial charge in [0.25, 0.3) is 0 Å². The highest BCUT2D eigenvalue weighted by atomic mass is 35.5. The van der Waals surface area contributed by atoms with E-state index >= 15 is 0 Å². The third-order valence-electron chi connectivity index (χ3n) is 1.04. The second-order valence-corrected chi connectivity index (χ2v) is 4.55. The monoisotopic (exact) mass is 207 g/mol. The zero-order chi connectivity index (χ0) is 9.78. The van der Waals surface area contributed by atoms with E-state index in [4.69, 9.17) is 11.6 Å². The van der Waals surface area contributed by atoms with E-state index in [2.05, 4.69) is 11.6 Å². The molecule has 0 heterocycles. The van der Waals surface area contributed by atoms with E-state index in [0.29, 0.717) is 0 Å². The van der Waals surface area contributed by atoms with Crippen molar-refractivity contribution in [2.45, 2.75) is 6.92 Å². The minimum Gasteiger partial charge on any atom is -0.244 e. The third-order valence-corrected chi connectivity index (χ3v) is 2.34. The Morgan fingerprint density at radius 3 is 2.33 bits per heavy atom. The van der Waals surface area contributed by atoms with Crippen LogP contribution >= 0.6 is 11.6 Å². The van der Waals surface area contributed by atoms with Crippen LogP contribution in [-0.2, 0) is 9.84 Å². The van der Waals surface area contributed by atoms with Gasteiger partial charge in [-0.3, -0.25) is 0 Å². The molecule has 3 nitrogen and oxygen atoms in total. The first kappa shape index (κ1) is 11.4. The van der Waals surface area contributed by atoms with Crippen molar-refractivity contribution in [2.24, 2.45) is 4.99 Å². The highest BCUT2D eigenvalue weighted by Gasteiger charge is 2.06. The Labute approximate surface area is 77.4 Å².